The topological polar surface area (TPSA) is 88.8 Å². The van der Waals surface area contributed by atoms with Crippen LogP contribution in [-0.2, 0) is 6.18 Å². The molecule has 0 atom stereocenters. The first-order valence-corrected chi connectivity index (χ1v) is 5.69. The van der Waals surface area contributed by atoms with E-state index in [-0.39, 0.29) is 0 Å². The van der Waals surface area contributed by atoms with Gasteiger partial charge in [0.05, 0.1) is 11.1 Å². The maximum Gasteiger partial charge on any atom is 0.417 e. The number of aryl methyl sites for hydroxylation is 1. The van der Waals surface area contributed by atoms with E-state index in [9.17, 15) is 22.8 Å². The van der Waals surface area contributed by atoms with Crippen molar-refractivity contribution in [2.24, 2.45) is 5.73 Å². The largest absolute Gasteiger partial charge is 0.417 e. The minimum absolute atomic E-state index is 0.292. The van der Waals surface area contributed by atoms with Crippen molar-refractivity contribution in [3.63, 3.8) is 0 Å². The van der Waals surface area contributed by atoms with Crippen LogP contribution in [0.1, 0.15) is 21.6 Å². The number of hydrogen-bond acceptors (Lipinski definition) is 3. The van der Waals surface area contributed by atoms with E-state index in [2.05, 4.69) is 4.98 Å². The number of H-pyrrole nitrogens is 1. The predicted molar refractivity (Wildman–Crippen MR) is 69.6 cm³/mol. The van der Waals surface area contributed by atoms with Gasteiger partial charge >= 0.3 is 6.18 Å². The first kappa shape index (κ1) is 16.4. The maximum atomic E-state index is 12.2. The standard InChI is InChI=1S/C7H5F3N2O2.C6H7N/c8-7(9,10)4-1-5(13)12-2-3(4)6(11)14;1-6-4-2-3-5-7-6/h1-2H,(H2,11,14)(H,12,13);2-5H,1H3. The summed E-state index contributed by atoms with van der Waals surface area (Å²) in [4.78, 5) is 27.1. The average Bonchev–Trinajstić information content (AvgIpc) is 2.39. The Morgan fingerprint density at radius 2 is 2.00 bits per heavy atom. The van der Waals surface area contributed by atoms with Crippen LogP contribution in [0.25, 0.3) is 0 Å². The van der Waals surface area contributed by atoms with Crippen LogP contribution in [-0.4, -0.2) is 15.9 Å². The predicted octanol–water partition coefficient (Wildman–Crippen LogP) is 1.88. The number of nitrogens with two attached hydrogens (primary N) is 1. The number of carbonyl (C=O) groups excluding carboxylic acids is 1. The summed E-state index contributed by atoms with van der Waals surface area (Å²) in [6, 6.07) is 6.15. The minimum Gasteiger partial charge on any atom is -0.366 e. The van der Waals surface area contributed by atoms with Gasteiger partial charge in [-0.2, -0.15) is 13.2 Å². The van der Waals surface area contributed by atoms with Gasteiger partial charge in [-0.05, 0) is 19.1 Å². The molecule has 2 heterocycles. The van der Waals surface area contributed by atoms with Crippen molar-refractivity contribution in [2.45, 2.75) is 13.1 Å². The molecule has 0 aliphatic carbocycles. The third-order valence-corrected chi connectivity index (χ3v) is 2.31. The molecule has 0 aromatic carbocycles. The van der Waals surface area contributed by atoms with Crippen molar-refractivity contribution in [1.82, 2.24) is 9.97 Å². The Balaban J connectivity index is 0.000000262. The summed E-state index contributed by atoms with van der Waals surface area (Å²) in [6.45, 7) is 1.97. The highest BCUT2D eigenvalue weighted by Crippen LogP contribution is 2.30. The van der Waals surface area contributed by atoms with Gasteiger partial charge in [-0.1, -0.05) is 6.07 Å². The number of primary amides is 1. The molecular weight excluding hydrogens is 287 g/mol. The third-order valence-electron chi connectivity index (χ3n) is 2.31. The second kappa shape index (κ2) is 6.69. The summed E-state index contributed by atoms with van der Waals surface area (Å²) in [5, 5.41) is 0. The number of rotatable bonds is 1. The van der Waals surface area contributed by atoms with Gasteiger partial charge in [-0.15, -0.1) is 0 Å². The molecule has 0 fully saturated rings. The molecule has 0 unspecified atom stereocenters. The van der Waals surface area contributed by atoms with Crippen molar-refractivity contribution >= 4 is 5.91 Å². The summed E-state index contributed by atoms with van der Waals surface area (Å²) in [6.07, 6.45) is -2.33. The molecule has 0 saturated heterocycles. The number of alkyl halides is 3. The maximum absolute atomic E-state index is 12.2. The highest BCUT2D eigenvalue weighted by atomic mass is 19.4. The normalized spacial score (nSPS) is 10.5. The molecule has 2 aromatic heterocycles. The molecular formula is C13H12F3N3O2. The van der Waals surface area contributed by atoms with Crippen LogP contribution in [0.5, 0.6) is 0 Å². The van der Waals surface area contributed by atoms with E-state index in [1.54, 1.807) is 6.20 Å². The number of hydrogen-bond donors (Lipinski definition) is 2. The second-order valence-electron chi connectivity index (χ2n) is 3.96. The van der Waals surface area contributed by atoms with Gasteiger partial charge in [0, 0.05) is 24.2 Å². The van der Waals surface area contributed by atoms with Crippen LogP contribution < -0.4 is 11.3 Å². The number of nitrogens with zero attached hydrogens (tertiary/aromatic N) is 1. The number of amides is 1. The van der Waals surface area contributed by atoms with Crippen molar-refractivity contribution in [3.05, 3.63) is 63.8 Å². The van der Waals surface area contributed by atoms with E-state index in [1.165, 1.54) is 0 Å². The lowest BCUT2D eigenvalue weighted by Gasteiger charge is -2.08. The molecule has 8 heteroatoms. The highest BCUT2D eigenvalue weighted by Gasteiger charge is 2.35. The molecule has 1 amide bonds. The summed E-state index contributed by atoms with van der Waals surface area (Å²) >= 11 is 0. The zero-order valence-corrected chi connectivity index (χ0v) is 10.9. The zero-order chi connectivity index (χ0) is 16.0. The number of aromatic nitrogens is 2. The van der Waals surface area contributed by atoms with Crippen molar-refractivity contribution in [1.29, 1.82) is 0 Å². The van der Waals surface area contributed by atoms with E-state index in [0.29, 0.717) is 12.3 Å². The second-order valence-corrected chi connectivity index (χ2v) is 3.96. The van der Waals surface area contributed by atoms with Gasteiger partial charge in [-0.25, -0.2) is 0 Å². The molecule has 2 rings (SSSR count). The van der Waals surface area contributed by atoms with E-state index in [1.807, 2.05) is 30.1 Å². The first-order chi connectivity index (χ1) is 9.71. The Kier molecular flexibility index (Phi) is 5.23. The van der Waals surface area contributed by atoms with E-state index >= 15 is 0 Å². The van der Waals surface area contributed by atoms with Crippen LogP contribution in [0.2, 0.25) is 0 Å². The van der Waals surface area contributed by atoms with Gasteiger partial charge in [0.15, 0.2) is 0 Å². The fourth-order valence-electron chi connectivity index (χ4n) is 1.36. The number of halogens is 3. The van der Waals surface area contributed by atoms with E-state index < -0.39 is 28.8 Å². The monoisotopic (exact) mass is 299 g/mol. The molecule has 112 valence electrons. The van der Waals surface area contributed by atoms with Gasteiger partial charge in [0.2, 0.25) is 5.56 Å². The molecule has 0 spiro atoms. The van der Waals surface area contributed by atoms with Crippen LogP contribution in [0.4, 0.5) is 13.2 Å². The molecule has 0 bridgehead atoms. The molecule has 0 saturated carbocycles. The number of aromatic amines is 1. The summed E-state index contributed by atoms with van der Waals surface area (Å²) in [5.41, 5.74) is 2.75. The van der Waals surface area contributed by atoms with E-state index in [0.717, 1.165) is 5.69 Å². The van der Waals surface area contributed by atoms with E-state index in [4.69, 9.17) is 5.73 Å². The summed E-state index contributed by atoms with van der Waals surface area (Å²) in [7, 11) is 0. The average molecular weight is 299 g/mol. The Morgan fingerprint density at radius 3 is 2.38 bits per heavy atom. The molecule has 2 aromatic rings. The molecule has 0 radical (unpaired) electrons. The fraction of sp³-hybridized carbons (Fsp3) is 0.154. The molecule has 3 N–H and O–H groups in total. The first-order valence-electron chi connectivity index (χ1n) is 5.69. The molecule has 0 aliphatic rings. The molecule has 0 aliphatic heterocycles. The van der Waals surface area contributed by atoms with Crippen molar-refractivity contribution in [3.8, 4) is 0 Å². The Labute approximate surface area is 117 Å². The third kappa shape index (κ3) is 5.09. The number of nitrogens with one attached hydrogen (secondary N) is 1. The smallest absolute Gasteiger partial charge is 0.366 e. The Morgan fingerprint density at radius 1 is 1.33 bits per heavy atom. The van der Waals surface area contributed by atoms with Crippen molar-refractivity contribution in [2.75, 3.05) is 0 Å². The SMILES string of the molecule is Cc1ccccn1.NC(=O)c1c[nH]c(=O)cc1C(F)(F)F. The summed E-state index contributed by atoms with van der Waals surface area (Å²) < 4.78 is 36.7. The zero-order valence-electron chi connectivity index (χ0n) is 10.9. The van der Waals surface area contributed by atoms with Crippen LogP contribution >= 0.6 is 0 Å². The van der Waals surface area contributed by atoms with Crippen molar-refractivity contribution < 1.29 is 18.0 Å². The lowest BCUT2D eigenvalue weighted by Crippen LogP contribution is -2.22. The van der Waals surface area contributed by atoms with Gasteiger partial charge in [0.25, 0.3) is 5.91 Å². The van der Waals surface area contributed by atoms with Crippen LogP contribution in [0, 0.1) is 6.92 Å². The van der Waals surface area contributed by atoms with Crippen LogP contribution in [0.3, 0.4) is 0 Å². The van der Waals surface area contributed by atoms with Crippen LogP contribution in [0.15, 0.2) is 41.5 Å². The lowest BCUT2D eigenvalue weighted by atomic mass is 10.1. The highest BCUT2D eigenvalue weighted by molar-refractivity contribution is 5.94. The lowest BCUT2D eigenvalue weighted by molar-refractivity contribution is -0.138. The summed E-state index contributed by atoms with van der Waals surface area (Å²) in [5.74, 6) is -1.24. The number of pyridine rings is 2. The minimum atomic E-state index is -4.77. The number of carbonyl (C=O) groups is 1. The fourth-order valence-corrected chi connectivity index (χ4v) is 1.36. The Hall–Kier alpha value is -2.64. The van der Waals surface area contributed by atoms with Gasteiger partial charge < -0.3 is 10.7 Å². The Bertz CT molecular complexity index is 666. The van der Waals surface area contributed by atoms with Gasteiger partial charge in [0.1, 0.15) is 0 Å². The van der Waals surface area contributed by atoms with Gasteiger partial charge in [-0.3, -0.25) is 14.6 Å². The quantitative estimate of drug-likeness (QED) is 0.842. The molecule has 21 heavy (non-hydrogen) atoms. The molecule has 5 nitrogen and oxygen atoms in total.